The number of nitrogens with two attached hydrogens (primary N) is 1. The largest absolute Gasteiger partial charge is 0.416 e. The van der Waals surface area contributed by atoms with Gasteiger partial charge in [0.25, 0.3) is 0 Å². The van der Waals surface area contributed by atoms with Crippen LogP contribution in [0.1, 0.15) is 31.0 Å². The van der Waals surface area contributed by atoms with E-state index >= 15 is 0 Å². The summed E-state index contributed by atoms with van der Waals surface area (Å²) in [6.07, 6.45) is -4.33. The van der Waals surface area contributed by atoms with Crippen LogP contribution in [0.15, 0.2) is 29.3 Å². The van der Waals surface area contributed by atoms with Gasteiger partial charge in [-0.15, -0.1) is 0 Å². The van der Waals surface area contributed by atoms with Crippen LogP contribution in [-0.2, 0) is 10.9 Å². The zero-order chi connectivity index (χ0) is 19.2. The van der Waals surface area contributed by atoms with Crippen LogP contribution < -0.4 is 5.73 Å². The number of hydrogen-bond donors (Lipinski definition) is 1. The first-order valence-corrected chi connectivity index (χ1v) is 8.90. The van der Waals surface area contributed by atoms with Crippen LogP contribution in [0.4, 0.5) is 13.2 Å². The number of morpholine rings is 1. The topological polar surface area (TPSA) is 54.1 Å². The first kappa shape index (κ1) is 20.5. The summed E-state index contributed by atoms with van der Waals surface area (Å²) in [5.74, 6) is 0.456. The van der Waals surface area contributed by atoms with Crippen molar-refractivity contribution in [2.45, 2.75) is 26.1 Å². The molecule has 0 amide bonds. The molecule has 0 radical (unpaired) electrons. The minimum atomic E-state index is -4.33. The molecule has 1 aliphatic rings. The minimum absolute atomic E-state index is 0.119. The highest BCUT2D eigenvalue weighted by molar-refractivity contribution is 5.78. The van der Waals surface area contributed by atoms with Crippen LogP contribution >= 0.6 is 0 Å². The molecular weight excluding hydrogens is 345 g/mol. The lowest BCUT2D eigenvalue weighted by molar-refractivity contribution is -0.137. The lowest BCUT2D eigenvalue weighted by Crippen LogP contribution is -2.45. The molecule has 0 bridgehead atoms. The number of nitrogens with zero attached hydrogens (tertiary/aromatic N) is 3. The molecule has 1 aromatic rings. The van der Waals surface area contributed by atoms with E-state index in [1.807, 2.05) is 18.7 Å². The molecule has 1 unspecified atom stereocenters. The van der Waals surface area contributed by atoms with Crippen molar-refractivity contribution >= 4 is 5.96 Å². The van der Waals surface area contributed by atoms with Crippen molar-refractivity contribution < 1.29 is 17.9 Å². The number of aliphatic imine (C=N–C) groups is 1. The maximum atomic E-state index is 12.8. The molecule has 0 aliphatic carbocycles. The average Bonchev–Trinajstić information content (AvgIpc) is 2.65. The number of ether oxygens (including phenoxy) is 1. The van der Waals surface area contributed by atoms with E-state index in [-0.39, 0.29) is 6.04 Å². The van der Waals surface area contributed by atoms with Crippen molar-refractivity contribution in [3.8, 4) is 0 Å². The number of rotatable bonds is 6. The van der Waals surface area contributed by atoms with Crippen molar-refractivity contribution in [2.24, 2.45) is 10.7 Å². The van der Waals surface area contributed by atoms with E-state index in [2.05, 4.69) is 9.89 Å². The van der Waals surface area contributed by atoms with Crippen LogP contribution in [0.2, 0.25) is 0 Å². The zero-order valence-electron chi connectivity index (χ0n) is 15.3. The highest BCUT2D eigenvalue weighted by atomic mass is 19.4. The SMILES string of the molecule is CCN(CC)C(CN=C(N)N1CCOCC1)c1ccc(C(F)(F)F)cc1. The Hall–Kier alpha value is -1.80. The molecule has 26 heavy (non-hydrogen) atoms. The number of alkyl halides is 3. The molecule has 1 atom stereocenters. The van der Waals surface area contributed by atoms with E-state index in [9.17, 15) is 13.2 Å². The van der Waals surface area contributed by atoms with Crippen molar-refractivity contribution in [1.29, 1.82) is 0 Å². The second kappa shape index (κ2) is 9.23. The molecular formula is C18H27F3N4O. The van der Waals surface area contributed by atoms with Gasteiger partial charge in [-0.05, 0) is 30.8 Å². The van der Waals surface area contributed by atoms with Crippen molar-refractivity contribution in [1.82, 2.24) is 9.80 Å². The van der Waals surface area contributed by atoms with Gasteiger partial charge in [0.2, 0.25) is 0 Å². The van der Waals surface area contributed by atoms with E-state index in [0.717, 1.165) is 30.8 Å². The Morgan fingerprint density at radius 2 is 1.77 bits per heavy atom. The summed E-state index contributed by atoms with van der Waals surface area (Å²) >= 11 is 0. The molecule has 0 saturated carbocycles. The van der Waals surface area contributed by atoms with E-state index in [4.69, 9.17) is 10.5 Å². The highest BCUT2D eigenvalue weighted by Crippen LogP contribution is 2.31. The predicted molar refractivity (Wildman–Crippen MR) is 96.0 cm³/mol. The molecule has 8 heteroatoms. The maximum absolute atomic E-state index is 12.8. The zero-order valence-corrected chi connectivity index (χ0v) is 15.3. The summed E-state index contributed by atoms with van der Waals surface area (Å²) in [5, 5.41) is 0. The smallest absolute Gasteiger partial charge is 0.378 e. The second-order valence-corrected chi connectivity index (χ2v) is 6.16. The Kier molecular flexibility index (Phi) is 7.28. The number of guanidine groups is 1. The number of likely N-dealkylation sites (N-methyl/N-ethyl adjacent to an activating group) is 1. The van der Waals surface area contributed by atoms with E-state index in [1.54, 1.807) is 0 Å². The number of halogens is 3. The van der Waals surface area contributed by atoms with Gasteiger partial charge in [0.15, 0.2) is 5.96 Å². The summed E-state index contributed by atoms with van der Waals surface area (Å²) in [4.78, 5) is 8.65. The molecule has 2 rings (SSSR count). The van der Waals surface area contributed by atoms with Gasteiger partial charge in [0.1, 0.15) is 0 Å². The fraction of sp³-hybridized carbons (Fsp3) is 0.611. The third-order valence-corrected chi connectivity index (χ3v) is 4.64. The number of hydrogen-bond acceptors (Lipinski definition) is 3. The second-order valence-electron chi connectivity index (χ2n) is 6.16. The van der Waals surface area contributed by atoms with Crippen molar-refractivity contribution in [2.75, 3.05) is 45.9 Å². The van der Waals surface area contributed by atoms with Gasteiger partial charge in [0, 0.05) is 13.1 Å². The Bertz CT molecular complexity index is 579. The summed E-state index contributed by atoms with van der Waals surface area (Å²) < 4.78 is 43.7. The third kappa shape index (κ3) is 5.35. The minimum Gasteiger partial charge on any atom is -0.378 e. The maximum Gasteiger partial charge on any atom is 0.416 e. The number of benzene rings is 1. The van der Waals surface area contributed by atoms with Crippen LogP contribution in [0, 0.1) is 0 Å². The van der Waals surface area contributed by atoms with Crippen molar-refractivity contribution in [3.63, 3.8) is 0 Å². The quantitative estimate of drug-likeness (QED) is 0.616. The molecule has 5 nitrogen and oxygen atoms in total. The van der Waals surface area contributed by atoms with Gasteiger partial charge in [-0.2, -0.15) is 13.2 Å². The molecule has 1 heterocycles. The van der Waals surface area contributed by atoms with Gasteiger partial charge in [0.05, 0.1) is 31.4 Å². The molecule has 1 fully saturated rings. The molecule has 1 saturated heterocycles. The van der Waals surface area contributed by atoms with Gasteiger partial charge in [-0.1, -0.05) is 26.0 Å². The normalized spacial score (nSPS) is 17.6. The first-order valence-electron chi connectivity index (χ1n) is 8.90. The summed E-state index contributed by atoms with van der Waals surface area (Å²) in [7, 11) is 0. The fourth-order valence-corrected chi connectivity index (χ4v) is 3.06. The van der Waals surface area contributed by atoms with E-state index in [1.165, 1.54) is 12.1 Å². The standard InChI is InChI=1S/C18H27F3N4O/c1-3-24(4-2)16(13-23-17(22)25-9-11-26-12-10-25)14-5-7-15(8-6-14)18(19,20)21/h5-8,16H,3-4,9-13H2,1-2H3,(H2,22,23). The fourth-order valence-electron chi connectivity index (χ4n) is 3.06. The van der Waals surface area contributed by atoms with Gasteiger partial charge < -0.3 is 15.4 Å². The van der Waals surface area contributed by atoms with E-state index < -0.39 is 11.7 Å². The first-order chi connectivity index (χ1) is 12.4. The summed E-state index contributed by atoms with van der Waals surface area (Å²) in [6, 6.07) is 5.20. The Morgan fingerprint density at radius 3 is 2.27 bits per heavy atom. The molecule has 1 aliphatic heterocycles. The monoisotopic (exact) mass is 372 g/mol. The lowest BCUT2D eigenvalue weighted by Gasteiger charge is -2.31. The van der Waals surface area contributed by atoms with Crippen LogP contribution in [0.3, 0.4) is 0 Å². The van der Waals surface area contributed by atoms with Crippen LogP contribution in [0.25, 0.3) is 0 Å². The predicted octanol–water partition coefficient (Wildman–Crippen LogP) is 2.74. The Balaban J connectivity index is 2.17. The summed E-state index contributed by atoms with van der Waals surface area (Å²) in [5.41, 5.74) is 6.26. The Morgan fingerprint density at radius 1 is 1.19 bits per heavy atom. The van der Waals surface area contributed by atoms with E-state index in [0.29, 0.717) is 38.8 Å². The molecule has 146 valence electrons. The highest BCUT2D eigenvalue weighted by Gasteiger charge is 2.30. The van der Waals surface area contributed by atoms with Gasteiger partial charge in [-0.3, -0.25) is 9.89 Å². The third-order valence-electron chi connectivity index (χ3n) is 4.64. The van der Waals surface area contributed by atoms with Crippen LogP contribution in [-0.4, -0.2) is 61.7 Å². The van der Waals surface area contributed by atoms with Crippen LogP contribution in [0.5, 0.6) is 0 Å². The molecule has 0 spiro atoms. The van der Waals surface area contributed by atoms with Crippen molar-refractivity contribution in [3.05, 3.63) is 35.4 Å². The average molecular weight is 372 g/mol. The Labute approximate surface area is 152 Å². The van der Waals surface area contributed by atoms with Gasteiger partial charge in [-0.25, -0.2) is 0 Å². The molecule has 1 aromatic carbocycles. The molecule has 2 N–H and O–H groups in total. The lowest BCUT2D eigenvalue weighted by atomic mass is 10.0. The van der Waals surface area contributed by atoms with Gasteiger partial charge >= 0.3 is 6.18 Å². The molecule has 0 aromatic heterocycles. The summed E-state index contributed by atoms with van der Waals surface area (Å²) in [6.45, 7) is 8.63.